The summed E-state index contributed by atoms with van der Waals surface area (Å²) < 4.78 is 16.0. The number of aryl methyl sites for hydroxylation is 1. The topological polar surface area (TPSA) is 86.0 Å². The minimum absolute atomic E-state index is 0.369. The van der Waals surface area contributed by atoms with Crippen molar-refractivity contribution in [3.63, 3.8) is 0 Å². The molecule has 2 aromatic carbocycles. The lowest BCUT2D eigenvalue weighted by molar-refractivity contribution is -0.144. The standard InChI is InChI=1S/C18H16O6/c1-9-15(23-10(2)17(19)20)7-6-13-12-5-4-11(22-3)8-14(12)18(21)24-16(9)13/h4-8,10H,1-3H3,(H,19,20). The van der Waals surface area contributed by atoms with E-state index in [0.29, 0.717) is 28.0 Å². The van der Waals surface area contributed by atoms with Crippen molar-refractivity contribution in [2.24, 2.45) is 0 Å². The lowest BCUT2D eigenvalue weighted by Crippen LogP contribution is -2.23. The highest BCUT2D eigenvalue weighted by Crippen LogP contribution is 2.32. The number of fused-ring (bicyclic) bond motifs is 3. The van der Waals surface area contributed by atoms with Crippen LogP contribution in [0.4, 0.5) is 0 Å². The molecule has 3 aromatic rings. The molecule has 0 saturated heterocycles. The number of benzene rings is 2. The quantitative estimate of drug-likeness (QED) is 0.585. The first kappa shape index (κ1) is 15.9. The molecule has 3 rings (SSSR count). The van der Waals surface area contributed by atoms with Gasteiger partial charge < -0.3 is 19.0 Å². The van der Waals surface area contributed by atoms with E-state index in [1.54, 1.807) is 37.3 Å². The Morgan fingerprint density at radius 1 is 1.17 bits per heavy atom. The molecular weight excluding hydrogens is 312 g/mol. The van der Waals surface area contributed by atoms with Crippen LogP contribution in [-0.4, -0.2) is 24.3 Å². The Balaban J connectivity index is 2.24. The van der Waals surface area contributed by atoms with Gasteiger partial charge in [-0.15, -0.1) is 0 Å². The van der Waals surface area contributed by atoms with Crippen LogP contribution in [0, 0.1) is 6.92 Å². The molecule has 0 aliphatic heterocycles. The minimum atomic E-state index is -1.07. The maximum absolute atomic E-state index is 12.3. The fourth-order valence-corrected chi connectivity index (χ4v) is 2.59. The molecule has 0 aliphatic rings. The van der Waals surface area contributed by atoms with E-state index in [1.165, 1.54) is 14.0 Å². The molecular formula is C18H16O6. The van der Waals surface area contributed by atoms with E-state index >= 15 is 0 Å². The highest BCUT2D eigenvalue weighted by atomic mass is 16.5. The maximum atomic E-state index is 12.3. The normalized spacial score (nSPS) is 12.3. The average Bonchev–Trinajstić information content (AvgIpc) is 2.57. The minimum Gasteiger partial charge on any atom is -0.497 e. The lowest BCUT2D eigenvalue weighted by atomic mass is 10.0. The molecule has 1 N–H and O–H groups in total. The number of methoxy groups -OCH3 is 1. The second-order valence-corrected chi connectivity index (χ2v) is 5.46. The van der Waals surface area contributed by atoms with Crippen LogP contribution >= 0.6 is 0 Å². The second-order valence-electron chi connectivity index (χ2n) is 5.46. The molecule has 0 aliphatic carbocycles. The van der Waals surface area contributed by atoms with Crippen molar-refractivity contribution in [1.29, 1.82) is 0 Å². The largest absolute Gasteiger partial charge is 0.497 e. The summed E-state index contributed by atoms with van der Waals surface area (Å²) in [5, 5.41) is 10.9. The summed E-state index contributed by atoms with van der Waals surface area (Å²) in [6.07, 6.45) is -1.00. The van der Waals surface area contributed by atoms with Gasteiger partial charge in [0.2, 0.25) is 0 Å². The van der Waals surface area contributed by atoms with Crippen molar-refractivity contribution < 1.29 is 23.8 Å². The molecule has 6 heteroatoms. The van der Waals surface area contributed by atoms with Crippen LogP contribution in [-0.2, 0) is 4.79 Å². The van der Waals surface area contributed by atoms with Gasteiger partial charge in [0.1, 0.15) is 17.1 Å². The van der Waals surface area contributed by atoms with Crippen molar-refractivity contribution in [3.05, 3.63) is 46.3 Å². The summed E-state index contributed by atoms with van der Waals surface area (Å²) in [5.41, 5.74) is 0.478. The number of aliphatic carboxylic acids is 1. The molecule has 0 fully saturated rings. The van der Waals surface area contributed by atoms with Crippen molar-refractivity contribution in [1.82, 2.24) is 0 Å². The summed E-state index contributed by atoms with van der Waals surface area (Å²) >= 11 is 0. The van der Waals surface area contributed by atoms with Crippen LogP contribution in [0.5, 0.6) is 11.5 Å². The number of hydrogen-bond acceptors (Lipinski definition) is 5. The van der Waals surface area contributed by atoms with Crippen LogP contribution in [0.1, 0.15) is 12.5 Å². The summed E-state index contributed by atoms with van der Waals surface area (Å²) in [6.45, 7) is 3.17. The third-order valence-corrected chi connectivity index (χ3v) is 3.94. The van der Waals surface area contributed by atoms with Gasteiger partial charge in [-0.25, -0.2) is 9.59 Å². The van der Waals surface area contributed by atoms with Gasteiger partial charge >= 0.3 is 11.6 Å². The van der Waals surface area contributed by atoms with Crippen LogP contribution in [0.15, 0.2) is 39.5 Å². The van der Waals surface area contributed by atoms with Gasteiger partial charge in [0.15, 0.2) is 6.10 Å². The van der Waals surface area contributed by atoms with E-state index < -0.39 is 17.7 Å². The van der Waals surface area contributed by atoms with E-state index in [1.807, 2.05) is 0 Å². The SMILES string of the molecule is COc1ccc2c(c1)c(=O)oc1c(C)c(OC(C)C(=O)O)ccc12. The number of rotatable bonds is 4. The van der Waals surface area contributed by atoms with Crippen LogP contribution in [0.2, 0.25) is 0 Å². The van der Waals surface area contributed by atoms with Gasteiger partial charge in [-0.3, -0.25) is 0 Å². The van der Waals surface area contributed by atoms with Crippen molar-refractivity contribution in [2.45, 2.75) is 20.0 Å². The fraction of sp³-hybridized carbons (Fsp3) is 0.222. The van der Waals surface area contributed by atoms with E-state index in [-0.39, 0.29) is 0 Å². The Kier molecular flexibility index (Phi) is 3.89. The van der Waals surface area contributed by atoms with Crippen molar-refractivity contribution in [2.75, 3.05) is 7.11 Å². The fourth-order valence-electron chi connectivity index (χ4n) is 2.59. The number of carboxylic acids is 1. The first-order valence-corrected chi connectivity index (χ1v) is 7.36. The number of carboxylic acid groups (broad SMARTS) is 1. The molecule has 1 atom stereocenters. The molecule has 0 bridgehead atoms. The molecule has 0 radical (unpaired) electrons. The highest BCUT2D eigenvalue weighted by molar-refractivity contribution is 6.06. The average molecular weight is 328 g/mol. The molecule has 0 saturated carbocycles. The molecule has 1 unspecified atom stereocenters. The third-order valence-electron chi connectivity index (χ3n) is 3.94. The van der Waals surface area contributed by atoms with Gasteiger partial charge in [0.25, 0.3) is 0 Å². The van der Waals surface area contributed by atoms with Crippen LogP contribution in [0.3, 0.4) is 0 Å². The third kappa shape index (κ3) is 2.56. The predicted molar refractivity (Wildman–Crippen MR) is 89.0 cm³/mol. The molecule has 1 aromatic heterocycles. The van der Waals surface area contributed by atoms with E-state index in [2.05, 4.69) is 0 Å². The Labute approximate surface area is 137 Å². The first-order chi connectivity index (χ1) is 11.4. The van der Waals surface area contributed by atoms with Gasteiger partial charge in [0, 0.05) is 16.3 Å². The Bertz CT molecular complexity index is 1000. The van der Waals surface area contributed by atoms with Crippen LogP contribution in [0.25, 0.3) is 21.7 Å². The zero-order valence-corrected chi connectivity index (χ0v) is 13.5. The Morgan fingerprint density at radius 2 is 1.88 bits per heavy atom. The Morgan fingerprint density at radius 3 is 2.54 bits per heavy atom. The monoisotopic (exact) mass is 328 g/mol. The van der Waals surface area contributed by atoms with Gasteiger partial charge in [0.05, 0.1) is 12.5 Å². The molecule has 0 amide bonds. The molecule has 1 heterocycles. The molecule has 24 heavy (non-hydrogen) atoms. The van der Waals surface area contributed by atoms with Gasteiger partial charge in [-0.2, -0.15) is 0 Å². The zero-order valence-electron chi connectivity index (χ0n) is 13.5. The first-order valence-electron chi connectivity index (χ1n) is 7.36. The van der Waals surface area contributed by atoms with E-state index in [9.17, 15) is 9.59 Å². The lowest BCUT2D eigenvalue weighted by Gasteiger charge is -2.14. The zero-order chi connectivity index (χ0) is 17.4. The summed E-state index contributed by atoms with van der Waals surface area (Å²) in [4.78, 5) is 23.3. The number of carbonyl (C=O) groups is 1. The van der Waals surface area contributed by atoms with E-state index in [0.717, 1.165) is 10.8 Å². The van der Waals surface area contributed by atoms with Crippen molar-refractivity contribution >= 4 is 27.7 Å². The van der Waals surface area contributed by atoms with E-state index in [4.69, 9.17) is 19.0 Å². The van der Waals surface area contributed by atoms with Gasteiger partial charge in [-0.1, -0.05) is 0 Å². The summed E-state index contributed by atoms with van der Waals surface area (Å²) in [6, 6.07) is 8.64. The molecule has 6 nitrogen and oxygen atoms in total. The molecule has 0 spiro atoms. The number of hydrogen-bond donors (Lipinski definition) is 1. The summed E-state index contributed by atoms with van der Waals surface area (Å²) in [5.74, 6) is -0.129. The number of ether oxygens (including phenoxy) is 2. The molecule has 124 valence electrons. The maximum Gasteiger partial charge on any atom is 0.344 e. The Hall–Kier alpha value is -3.02. The summed E-state index contributed by atoms with van der Waals surface area (Å²) in [7, 11) is 1.53. The van der Waals surface area contributed by atoms with Crippen LogP contribution < -0.4 is 15.1 Å². The predicted octanol–water partition coefficient (Wildman–Crippen LogP) is 3.12. The smallest absolute Gasteiger partial charge is 0.344 e. The van der Waals surface area contributed by atoms with Gasteiger partial charge in [-0.05, 0) is 44.2 Å². The second kappa shape index (κ2) is 5.88. The highest BCUT2D eigenvalue weighted by Gasteiger charge is 2.17. The van der Waals surface area contributed by atoms with Crippen molar-refractivity contribution in [3.8, 4) is 11.5 Å².